The van der Waals surface area contributed by atoms with Crippen LogP contribution >= 0.6 is 0 Å². The maximum Gasteiger partial charge on any atom is 0.255 e. The van der Waals surface area contributed by atoms with Crippen LogP contribution in [0.5, 0.6) is 0 Å². The molecule has 0 bridgehead atoms. The van der Waals surface area contributed by atoms with Crippen molar-refractivity contribution in [3.8, 4) is 11.1 Å². The Balaban J connectivity index is 1.85. The Morgan fingerprint density at radius 3 is 2.32 bits per heavy atom. The lowest BCUT2D eigenvalue weighted by atomic mass is 9.74. The van der Waals surface area contributed by atoms with Gasteiger partial charge < -0.3 is 0 Å². The number of halogens is 5. The maximum absolute atomic E-state index is 14.9. The molecule has 0 N–H and O–H groups in total. The molecule has 0 aliphatic heterocycles. The summed E-state index contributed by atoms with van der Waals surface area (Å²) in [6.07, 6.45) is 5.44. The molecule has 0 amide bonds. The van der Waals surface area contributed by atoms with Crippen LogP contribution in [0.25, 0.3) is 11.1 Å². The zero-order chi connectivity index (χ0) is 22.6. The van der Waals surface area contributed by atoms with Gasteiger partial charge in [-0.1, -0.05) is 63.8 Å². The number of hydrogen-bond donors (Lipinski definition) is 0. The van der Waals surface area contributed by atoms with Crippen LogP contribution in [0.2, 0.25) is 0 Å². The monoisotopic (exact) mass is 438 g/mol. The molecule has 5 heteroatoms. The van der Waals surface area contributed by atoms with E-state index in [9.17, 15) is 22.0 Å². The highest BCUT2D eigenvalue weighted by atomic mass is 19.3. The highest BCUT2D eigenvalue weighted by molar-refractivity contribution is 5.65. The first-order valence-electron chi connectivity index (χ1n) is 11.4. The van der Waals surface area contributed by atoms with Crippen molar-refractivity contribution in [1.29, 1.82) is 0 Å². The van der Waals surface area contributed by atoms with Gasteiger partial charge in [0.05, 0.1) is 5.92 Å². The number of alkyl halides is 2. The largest absolute Gasteiger partial charge is 0.255 e. The smallest absolute Gasteiger partial charge is 0.207 e. The molecular formula is C26H31F5. The van der Waals surface area contributed by atoms with Gasteiger partial charge in [0.25, 0.3) is 5.92 Å². The molecule has 1 aliphatic carbocycles. The summed E-state index contributed by atoms with van der Waals surface area (Å²) in [6.45, 7) is 4.02. The fourth-order valence-electron chi connectivity index (χ4n) is 4.82. The van der Waals surface area contributed by atoms with Gasteiger partial charge in [0, 0.05) is 12.0 Å². The molecule has 0 radical (unpaired) electrons. The van der Waals surface area contributed by atoms with Crippen LogP contribution in [0, 0.1) is 23.4 Å². The van der Waals surface area contributed by atoms with Crippen LogP contribution < -0.4 is 0 Å². The molecule has 2 aromatic carbocycles. The molecule has 1 saturated carbocycles. The number of aryl methyl sites for hydroxylation is 1. The first-order chi connectivity index (χ1) is 14.8. The van der Waals surface area contributed by atoms with Crippen molar-refractivity contribution < 1.29 is 22.0 Å². The SMILES string of the molecule is CCCCCc1ccc(-c2ccc(C3CCC(CCC)CC3(F)F)c(F)c2F)cc1F. The average molecular weight is 439 g/mol. The average Bonchev–Trinajstić information content (AvgIpc) is 2.72. The Kier molecular flexibility index (Phi) is 7.77. The van der Waals surface area contributed by atoms with E-state index in [1.807, 2.05) is 6.92 Å². The fourth-order valence-corrected chi connectivity index (χ4v) is 4.82. The van der Waals surface area contributed by atoms with E-state index in [-0.39, 0.29) is 35.4 Å². The zero-order valence-electron chi connectivity index (χ0n) is 18.3. The van der Waals surface area contributed by atoms with Crippen LogP contribution in [0.3, 0.4) is 0 Å². The van der Waals surface area contributed by atoms with Crippen LogP contribution in [0.15, 0.2) is 30.3 Å². The molecule has 2 aromatic rings. The van der Waals surface area contributed by atoms with Crippen molar-refractivity contribution in [3.05, 3.63) is 58.9 Å². The first-order valence-corrected chi connectivity index (χ1v) is 11.4. The van der Waals surface area contributed by atoms with E-state index in [4.69, 9.17) is 0 Å². The lowest BCUT2D eigenvalue weighted by Crippen LogP contribution is -2.34. The Labute approximate surface area is 181 Å². The van der Waals surface area contributed by atoms with Crippen molar-refractivity contribution in [2.75, 3.05) is 0 Å². The van der Waals surface area contributed by atoms with Crippen molar-refractivity contribution in [3.63, 3.8) is 0 Å². The summed E-state index contributed by atoms with van der Waals surface area (Å²) in [5.41, 5.74) is 0.359. The lowest BCUT2D eigenvalue weighted by molar-refractivity contribution is -0.0745. The van der Waals surface area contributed by atoms with E-state index in [0.29, 0.717) is 18.4 Å². The fraction of sp³-hybridized carbons (Fsp3) is 0.538. The topological polar surface area (TPSA) is 0 Å². The van der Waals surface area contributed by atoms with Crippen molar-refractivity contribution in [2.24, 2.45) is 5.92 Å². The summed E-state index contributed by atoms with van der Waals surface area (Å²) < 4.78 is 73.7. The second-order valence-corrected chi connectivity index (χ2v) is 8.84. The summed E-state index contributed by atoms with van der Waals surface area (Å²) in [5, 5.41) is 0. The summed E-state index contributed by atoms with van der Waals surface area (Å²) in [5.74, 6) is -7.38. The normalized spacial score (nSPS) is 20.7. The van der Waals surface area contributed by atoms with Crippen LogP contribution in [0.1, 0.15) is 82.3 Å². The van der Waals surface area contributed by atoms with Gasteiger partial charge in [0.2, 0.25) is 0 Å². The zero-order valence-corrected chi connectivity index (χ0v) is 18.3. The molecule has 31 heavy (non-hydrogen) atoms. The van der Waals surface area contributed by atoms with E-state index in [2.05, 4.69) is 6.92 Å². The molecule has 0 saturated heterocycles. The molecule has 0 nitrogen and oxygen atoms in total. The molecular weight excluding hydrogens is 407 g/mol. The molecule has 0 heterocycles. The second kappa shape index (κ2) is 10.1. The van der Waals surface area contributed by atoms with E-state index in [1.54, 1.807) is 12.1 Å². The van der Waals surface area contributed by atoms with Gasteiger partial charge in [0.15, 0.2) is 11.6 Å². The van der Waals surface area contributed by atoms with E-state index in [1.165, 1.54) is 18.2 Å². The molecule has 0 aromatic heterocycles. The number of rotatable bonds is 8. The van der Waals surface area contributed by atoms with Crippen molar-refractivity contribution in [1.82, 2.24) is 0 Å². The summed E-state index contributed by atoms with van der Waals surface area (Å²) >= 11 is 0. The van der Waals surface area contributed by atoms with Gasteiger partial charge >= 0.3 is 0 Å². The van der Waals surface area contributed by atoms with Gasteiger partial charge in [-0.2, -0.15) is 0 Å². The lowest BCUT2D eigenvalue weighted by Gasteiger charge is -2.36. The van der Waals surface area contributed by atoms with Gasteiger partial charge in [-0.15, -0.1) is 0 Å². The first kappa shape index (κ1) is 23.7. The third-order valence-corrected chi connectivity index (χ3v) is 6.53. The molecule has 2 unspecified atom stereocenters. The van der Waals surface area contributed by atoms with Crippen molar-refractivity contribution in [2.45, 2.75) is 83.5 Å². The van der Waals surface area contributed by atoms with E-state index < -0.39 is 29.3 Å². The van der Waals surface area contributed by atoms with Crippen LogP contribution in [0.4, 0.5) is 22.0 Å². The highest BCUT2D eigenvalue weighted by Crippen LogP contribution is 2.49. The minimum Gasteiger partial charge on any atom is -0.207 e. The number of hydrogen-bond acceptors (Lipinski definition) is 0. The predicted molar refractivity (Wildman–Crippen MR) is 115 cm³/mol. The minimum absolute atomic E-state index is 0.0813. The Morgan fingerprint density at radius 1 is 0.903 bits per heavy atom. The Bertz CT molecular complexity index is 890. The molecule has 1 fully saturated rings. The molecule has 170 valence electrons. The maximum atomic E-state index is 14.9. The Hall–Kier alpha value is -1.91. The third kappa shape index (κ3) is 5.30. The van der Waals surface area contributed by atoms with Crippen molar-refractivity contribution >= 4 is 0 Å². The third-order valence-electron chi connectivity index (χ3n) is 6.53. The quantitative estimate of drug-likeness (QED) is 0.285. The number of unbranched alkanes of at least 4 members (excludes halogenated alkanes) is 2. The highest BCUT2D eigenvalue weighted by Gasteiger charge is 2.46. The van der Waals surface area contributed by atoms with Gasteiger partial charge in [0.1, 0.15) is 5.82 Å². The summed E-state index contributed by atoms with van der Waals surface area (Å²) in [4.78, 5) is 0. The van der Waals surface area contributed by atoms with Crippen LogP contribution in [-0.2, 0) is 6.42 Å². The molecule has 2 atom stereocenters. The van der Waals surface area contributed by atoms with E-state index in [0.717, 1.165) is 32.1 Å². The minimum atomic E-state index is -3.07. The van der Waals surface area contributed by atoms with Gasteiger partial charge in [-0.05, 0) is 54.4 Å². The standard InChI is InChI=1S/C26H31F5/c1-3-5-6-8-18-10-11-19(15-23(18)27)20-12-13-21(25(29)24(20)28)22-14-9-17(7-4-2)16-26(22,30)31/h10-13,15,17,22H,3-9,14,16H2,1-2H3. The summed E-state index contributed by atoms with van der Waals surface area (Å²) in [7, 11) is 0. The molecule has 3 rings (SSSR count). The predicted octanol–water partition coefficient (Wildman–Crippen LogP) is 8.82. The second-order valence-electron chi connectivity index (χ2n) is 8.84. The molecule has 1 aliphatic rings. The van der Waals surface area contributed by atoms with Gasteiger partial charge in [-0.25, -0.2) is 22.0 Å². The molecule has 0 spiro atoms. The number of benzene rings is 2. The van der Waals surface area contributed by atoms with Crippen LogP contribution in [-0.4, -0.2) is 5.92 Å². The summed E-state index contributed by atoms with van der Waals surface area (Å²) in [6, 6.07) is 6.90. The van der Waals surface area contributed by atoms with Gasteiger partial charge in [-0.3, -0.25) is 0 Å². The van der Waals surface area contributed by atoms with E-state index >= 15 is 0 Å². The Morgan fingerprint density at radius 2 is 1.68 bits per heavy atom.